The molecule has 4 nitrogen and oxygen atoms in total. The Labute approximate surface area is 119 Å². The lowest BCUT2D eigenvalue weighted by Crippen LogP contribution is -2.55. The van der Waals surface area contributed by atoms with Crippen molar-refractivity contribution < 1.29 is 0 Å². The van der Waals surface area contributed by atoms with E-state index in [1.165, 1.54) is 38.5 Å². The highest BCUT2D eigenvalue weighted by molar-refractivity contribution is 5.64. The lowest BCUT2D eigenvalue weighted by Gasteiger charge is -2.57. The van der Waals surface area contributed by atoms with Gasteiger partial charge in [-0.15, -0.1) is 0 Å². The molecule has 0 aliphatic heterocycles. The van der Waals surface area contributed by atoms with Gasteiger partial charge in [0.1, 0.15) is 11.9 Å². The summed E-state index contributed by atoms with van der Waals surface area (Å²) in [5.74, 6) is 3.46. The summed E-state index contributed by atoms with van der Waals surface area (Å²) in [7, 11) is 0. The average Bonchev–Trinajstić information content (AvgIpc) is 2.39. The van der Waals surface area contributed by atoms with Crippen molar-refractivity contribution in [2.75, 3.05) is 11.1 Å². The number of nitrogens with one attached hydrogen (secondary N) is 1. The summed E-state index contributed by atoms with van der Waals surface area (Å²) in [6.07, 6.45) is 9.69. The van der Waals surface area contributed by atoms with Crippen LogP contribution in [-0.2, 0) is 0 Å². The van der Waals surface area contributed by atoms with Crippen molar-refractivity contribution in [2.24, 2.45) is 17.8 Å². The van der Waals surface area contributed by atoms with Crippen molar-refractivity contribution in [3.05, 3.63) is 17.8 Å². The van der Waals surface area contributed by atoms with Crippen LogP contribution in [0.3, 0.4) is 0 Å². The first kappa shape index (κ1) is 12.0. The first-order chi connectivity index (χ1) is 9.66. The van der Waals surface area contributed by atoms with Gasteiger partial charge >= 0.3 is 0 Å². The van der Waals surface area contributed by atoms with Gasteiger partial charge in [-0.25, -0.2) is 4.98 Å². The molecule has 4 heteroatoms. The molecule has 5 rings (SSSR count). The summed E-state index contributed by atoms with van der Waals surface area (Å²) >= 11 is 0. The monoisotopic (exact) mass is 268 g/mol. The molecule has 0 radical (unpaired) electrons. The number of nitrogens with zero attached hydrogens (tertiary/aromatic N) is 2. The minimum atomic E-state index is 0.212. The molecule has 1 aromatic rings. The first-order valence-electron chi connectivity index (χ1n) is 7.60. The van der Waals surface area contributed by atoms with Gasteiger partial charge in [0.2, 0.25) is 0 Å². The minimum Gasteiger partial charge on any atom is -0.396 e. The Hall–Kier alpha value is -1.76. The van der Waals surface area contributed by atoms with Crippen LogP contribution in [0, 0.1) is 29.1 Å². The van der Waals surface area contributed by atoms with Crippen LogP contribution in [0.4, 0.5) is 11.5 Å². The smallest absolute Gasteiger partial charge is 0.149 e. The molecule has 1 aromatic heterocycles. The second kappa shape index (κ2) is 4.12. The molecule has 0 unspecified atom stereocenters. The molecule has 104 valence electrons. The Morgan fingerprint density at radius 3 is 2.30 bits per heavy atom. The predicted molar refractivity (Wildman–Crippen MR) is 77.9 cm³/mol. The van der Waals surface area contributed by atoms with E-state index in [1.54, 1.807) is 12.3 Å². The number of pyridine rings is 1. The van der Waals surface area contributed by atoms with E-state index in [9.17, 15) is 0 Å². The predicted octanol–water partition coefficient (Wildman–Crippen LogP) is 2.92. The van der Waals surface area contributed by atoms with Crippen LogP contribution in [0.15, 0.2) is 12.3 Å². The van der Waals surface area contributed by atoms with Gasteiger partial charge in [-0.3, -0.25) is 0 Å². The Balaban J connectivity index is 1.61. The lowest BCUT2D eigenvalue weighted by atomic mass is 9.53. The number of anilines is 2. The number of rotatable bonds is 2. The second-order valence-corrected chi connectivity index (χ2v) is 7.10. The van der Waals surface area contributed by atoms with E-state index < -0.39 is 0 Å². The van der Waals surface area contributed by atoms with Gasteiger partial charge in [-0.1, -0.05) is 0 Å². The summed E-state index contributed by atoms with van der Waals surface area (Å²) in [6, 6.07) is 3.80. The molecule has 0 saturated heterocycles. The molecule has 4 bridgehead atoms. The zero-order valence-corrected chi connectivity index (χ0v) is 11.6. The Morgan fingerprint density at radius 1 is 1.20 bits per heavy atom. The van der Waals surface area contributed by atoms with E-state index in [2.05, 4.69) is 16.4 Å². The molecule has 4 aliphatic carbocycles. The third-order valence-corrected chi connectivity index (χ3v) is 5.47. The van der Waals surface area contributed by atoms with Gasteiger partial charge in [-0.2, -0.15) is 5.26 Å². The van der Waals surface area contributed by atoms with E-state index in [1.807, 2.05) is 0 Å². The van der Waals surface area contributed by atoms with Gasteiger partial charge in [0.05, 0.1) is 11.3 Å². The zero-order chi connectivity index (χ0) is 13.7. The van der Waals surface area contributed by atoms with Crippen LogP contribution in [0.2, 0.25) is 0 Å². The van der Waals surface area contributed by atoms with Gasteiger partial charge in [0.25, 0.3) is 0 Å². The van der Waals surface area contributed by atoms with E-state index in [0.717, 1.165) is 23.6 Å². The van der Waals surface area contributed by atoms with Crippen LogP contribution in [0.1, 0.15) is 44.1 Å². The molecular formula is C16H20N4. The maximum atomic E-state index is 8.89. The van der Waals surface area contributed by atoms with E-state index in [0.29, 0.717) is 11.3 Å². The van der Waals surface area contributed by atoms with Crippen LogP contribution >= 0.6 is 0 Å². The van der Waals surface area contributed by atoms with Crippen molar-refractivity contribution in [3.8, 4) is 6.07 Å². The molecule has 4 saturated carbocycles. The maximum Gasteiger partial charge on any atom is 0.149 e. The number of nitrogen functional groups attached to an aromatic ring is 1. The van der Waals surface area contributed by atoms with Gasteiger partial charge in [0, 0.05) is 11.7 Å². The molecular weight excluding hydrogens is 248 g/mol. The summed E-state index contributed by atoms with van der Waals surface area (Å²) < 4.78 is 0. The highest BCUT2D eigenvalue weighted by atomic mass is 15.1. The number of nitriles is 1. The quantitative estimate of drug-likeness (QED) is 0.864. The topological polar surface area (TPSA) is 74.7 Å². The fourth-order valence-corrected chi connectivity index (χ4v) is 5.16. The van der Waals surface area contributed by atoms with Crippen molar-refractivity contribution in [3.63, 3.8) is 0 Å². The highest BCUT2D eigenvalue weighted by Crippen LogP contribution is 2.56. The number of nitrogens with two attached hydrogens (primary N) is 1. The van der Waals surface area contributed by atoms with Gasteiger partial charge in [-0.05, 0) is 62.3 Å². The Morgan fingerprint density at radius 2 is 1.80 bits per heavy atom. The molecule has 1 heterocycles. The fraction of sp³-hybridized carbons (Fsp3) is 0.625. The summed E-state index contributed by atoms with van der Waals surface area (Å²) in [5, 5.41) is 12.6. The Bertz CT molecular complexity index is 551. The van der Waals surface area contributed by atoms with E-state index >= 15 is 0 Å². The SMILES string of the molecule is N#Cc1cnc(NC23CC4CC(CC(C4)C2)C3)c(N)c1. The Kier molecular flexibility index (Phi) is 2.47. The maximum absolute atomic E-state index is 8.89. The third kappa shape index (κ3) is 1.84. The third-order valence-electron chi connectivity index (χ3n) is 5.47. The van der Waals surface area contributed by atoms with Crippen LogP contribution in [0.25, 0.3) is 0 Å². The van der Waals surface area contributed by atoms with E-state index in [4.69, 9.17) is 11.0 Å². The van der Waals surface area contributed by atoms with E-state index in [-0.39, 0.29) is 5.54 Å². The molecule has 0 spiro atoms. The molecule has 3 N–H and O–H groups in total. The zero-order valence-electron chi connectivity index (χ0n) is 11.6. The fourth-order valence-electron chi connectivity index (χ4n) is 5.16. The molecule has 0 aromatic carbocycles. The first-order valence-corrected chi connectivity index (χ1v) is 7.60. The van der Waals surface area contributed by atoms with Gasteiger partial charge < -0.3 is 11.1 Å². The van der Waals surface area contributed by atoms with Crippen molar-refractivity contribution >= 4 is 11.5 Å². The van der Waals surface area contributed by atoms with Crippen molar-refractivity contribution in [1.29, 1.82) is 5.26 Å². The molecule has 0 atom stereocenters. The van der Waals surface area contributed by atoms with Crippen molar-refractivity contribution in [1.82, 2.24) is 4.98 Å². The number of aromatic nitrogens is 1. The van der Waals surface area contributed by atoms with Gasteiger partial charge in [0.15, 0.2) is 0 Å². The summed E-state index contributed by atoms with van der Waals surface area (Å²) in [6.45, 7) is 0. The molecule has 0 amide bonds. The second-order valence-electron chi connectivity index (χ2n) is 7.10. The summed E-state index contributed by atoms with van der Waals surface area (Å²) in [4.78, 5) is 4.37. The highest BCUT2D eigenvalue weighted by Gasteiger charge is 2.51. The standard InChI is InChI=1S/C16H20N4/c17-8-13-4-14(18)15(19-9-13)20-16-5-10-1-11(6-16)3-12(2-10)7-16/h4,9-12H,1-3,5-7,18H2,(H,19,20). The minimum absolute atomic E-state index is 0.212. The largest absolute Gasteiger partial charge is 0.396 e. The molecule has 4 fully saturated rings. The molecule has 4 aliphatic rings. The number of hydrogen-bond acceptors (Lipinski definition) is 4. The molecule has 20 heavy (non-hydrogen) atoms. The number of hydrogen-bond donors (Lipinski definition) is 2. The lowest BCUT2D eigenvalue weighted by molar-refractivity contribution is 0.0106. The van der Waals surface area contributed by atoms with Crippen LogP contribution < -0.4 is 11.1 Å². The summed E-state index contributed by atoms with van der Waals surface area (Å²) in [5.41, 5.74) is 7.39. The average molecular weight is 268 g/mol. The van der Waals surface area contributed by atoms with Crippen molar-refractivity contribution in [2.45, 2.75) is 44.1 Å². The van der Waals surface area contributed by atoms with Crippen LogP contribution in [-0.4, -0.2) is 10.5 Å². The van der Waals surface area contributed by atoms with Crippen LogP contribution in [0.5, 0.6) is 0 Å². The normalized spacial score (nSPS) is 37.6.